The Bertz CT molecular complexity index is 889. The van der Waals surface area contributed by atoms with Crippen LogP contribution >= 0.6 is 11.6 Å². The molecule has 120 valence electrons. The van der Waals surface area contributed by atoms with Crippen LogP contribution in [0.3, 0.4) is 0 Å². The highest BCUT2D eigenvalue weighted by atomic mass is 35.5. The van der Waals surface area contributed by atoms with E-state index in [4.69, 9.17) is 16.3 Å². The van der Waals surface area contributed by atoms with E-state index in [0.717, 1.165) is 10.9 Å². The summed E-state index contributed by atoms with van der Waals surface area (Å²) in [6.45, 7) is 1.13. The van der Waals surface area contributed by atoms with E-state index in [2.05, 4.69) is 4.98 Å². The summed E-state index contributed by atoms with van der Waals surface area (Å²) in [5, 5.41) is 1.71. The number of carbonyl (C=O) groups is 1. The smallest absolute Gasteiger partial charge is 0.254 e. The van der Waals surface area contributed by atoms with Gasteiger partial charge in [-0.2, -0.15) is 0 Å². The molecule has 1 aliphatic rings. The van der Waals surface area contributed by atoms with Crippen LogP contribution in [0.25, 0.3) is 10.9 Å². The minimum atomic E-state index is -0.0186. The fraction of sp³-hybridized carbons (Fsp3) is 0.158. The minimum Gasteiger partial charge on any atom is -0.471 e. The van der Waals surface area contributed by atoms with E-state index >= 15 is 0 Å². The molecule has 0 unspecified atom stereocenters. The number of amides is 1. The number of rotatable bonds is 3. The number of hydrogen-bond acceptors (Lipinski definition) is 3. The van der Waals surface area contributed by atoms with E-state index in [9.17, 15) is 4.79 Å². The van der Waals surface area contributed by atoms with E-state index in [1.54, 1.807) is 29.2 Å². The van der Waals surface area contributed by atoms with E-state index in [0.29, 0.717) is 29.6 Å². The fourth-order valence-corrected chi connectivity index (χ4v) is 2.86. The number of fused-ring (bicyclic) bond motifs is 1. The van der Waals surface area contributed by atoms with Gasteiger partial charge in [-0.3, -0.25) is 4.79 Å². The van der Waals surface area contributed by atoms with Crippen LogP contribution in [0.15, 0.2) is 60.7 Å². The maximum atomic E-state index is 12.3. The monoisotopic (exact) mass is 338 g/mol. The molecule has 3 aromatic rings. The summed E-state index contributed by atoms with van der Waals surface area (Å²) in [7, 11) is 0. The van der Waals surface area contributed by atoms with Crippen LogP contribution in [0.1, 0.15) is 10.4 Å². The van der Waals surface area contributed by atoms with Gasteiger partial charge >= 0.3 is 0 Å². The number of hydrogen-bond donors (Lipinski definition) is 0. The number of pyridine rings is 1. The van der Waals surface area contributed by atoms with Gasteiger partial charge in [0.1, 0.15) is 6.10 Å². The molecule has 1 aliphatic heterocycles. The number of ether oxygens (including phenoxy) is 1. The number of para-hydroxylation sites is 1. The summed E-state index contributed by atoms with van der Waals surface area (Å²) < 4.78 is 5.87. The second-order valence-corrected chi connectivity index (χ2v) is 6.24. The van der Waals surface area contributed by atoms with Crippen molar-refractivity contribution in [2.75, 3.05) is 13.1 Å². The first kappa shape index (κ1) is 15.0. The molecule has 0 bridgehead atoms. The Morgan fingerprint density at radius 3 is 2.58 bits per heavy atom. The van der Waals surface area contributed by atoms with Gasteiger partial charge in [-0.15, -0.1) is 0 Å². The van der Waals surface area contributed by atoms with Crippen molar-refractivity contribution in [2.24, 2.45) is 0 Å². The highest BCUT2D eigenvalue weighted by Gasteiger charge is 2.33. The van der Waals surface area contributed by atoms with Crippen molar-refractivity contribution in [3.63, 3.8) is 0 Å². The van der Waals surface area contributed by atoms with Crippen molar-refractivity contribution < 1.29 is 9.53 Å². The topological polar surface area (TPSA) is 42.4 Å². The van der Waals surface area contributed by atoms with Gasteiger partial charge in [-0.05, 0) is 36.4 Å². The zero-order chi connectivity index (χ0) is 16.5. The van der Waals surface area contributed by atoms with Crippen molar-refractivity contribution >= 4 is 28.4 Å². The average molecular weight is 339 g/mol. The van der Waals surface area contributed by atoms with Gasteiger partial charge in [0.2, 0.25) is 5.88 Å². The summed E-state index contributed by atoms with van der Waals surface area (Å²) in [6.07, 6.45) is -0.0186. The van der Waals surface area contributed by atoms with Crippen molar-refractivity contribution in [3.05, 3.63) is 71.2 Å². The third-order valence-electron chi connectivity index (χ3n) is 4.09. The molecule has 5 heteroatoms. The first-order valence-electron chi connectivity index (χ1n) is 7.76. The fourth-order valence-electron chi connectivity index (χ4n) is 2.74. The second-order valence-electron chi connectivity index (χ2n) is 5.80. The lowest BCUT2D eigenvalue weighted by atomic mass is 10.1. The first-order chi connectivity index (χ1) is 11.7. The molecule has 0 radical (unpaired) electrons. The van der Waals surface area contributed by atoms with Gasteiger partial charge in [0.15, 0.2) is 0 Å². The Morgan fingerprint density at radius 1 is 1.04 bits per heavy atom. The summed E-state index contributed by atoms with van der Waals surface area (Å²) in [6, 6.07) is 18.7. The standard InChI is InChI=1S/C19H15ClN2O2/c20-15-8-5-14(6-9-15)19(23)22-11-16(12-22)24-18-10-7-13-3-1-2-4-17(13)21-18/h1-10,16H,11-12H2. The molecule has 1 saturated heterocycles. The number of nitrogens with zero attached hydrogens (tertiary/aromatic N) is 2. The third kappa shape index (κ3) is 2.93. The normalized spacial score (nSPS) is 14.5. The SMILES string of the molecule is O=C(c1ccc(Cl)cc1)N1CC(Oc2ccc3ccccc3n2)C1. The molecule has 0 saturated carbocycles. The highest BCUT2D eigenvalue weighted by Crippen LogP contribution is 2.21. The third-order valence-corrected chi connectivity index (χ3v) is 4.34. The molecule has 0 atom stereocenters. The summed E-state index contributed by atoms with van der Waals surface area (Å²) in [5.74, 6) is 0.593. The van der Waals surface area contributed by atoms with E-state index < -0.39 is 0 Å². The van der Waals surface area contributed by atoms with Gasteiger partial charge in [-0.1, -0.05) is 29.8 Å². The van der Waals surface area contributed by atoms with Crippen LogP contribution < -0.4 is 4.74 Å². The molecule has 24 heavy (non-hydrogen) atoms. The number of benzene rings is 2. The Labute approximate surface area is 144 Å². The molecular formula is C19H15ClN2O2. The quantitative estimate of drug-likeness (QED) is 0.729. The lowest BCUT2D eigenvalue weighted by molar-refractivity contribution is 0.0161. The Morgan fingerprint density at radius 2 is 1.79 bits per heavy atom. The largest absolute Gasteiger partial charge is 0.471 e. The summed E-state index contributed by atoms with van der Waals surface area (Å²) >= 11 is 5.85. The molecule has 1 aromatic heterocycles. The minimum absolute atomic E-state index is 0.00186. The summed E-state index contributed by atoms with van der Waals surface area (Å²) in [5.41, 5.74) is 1.55. The maximum Gasteiger partial charge on any atom is 0.254 e. The zero-order valence-electron chi connectivity index (χ0n) is 12.9. The van der Waals surface area contributed by atoms with Gasteiger partial charge in [0, 0.05) is 22.0 Å². The van der Waals surface area contributed by atoms with Crippen molar-refractivity contribution in [1.82, 2.24) is 9.88 Å². The maximum absolute atomic E-state index is 12.3. The van der Waals surface area contributed by atoms with Gasteiger partial charge in [0.25, 0.3) is 5.91 Å². The number of likely N-dealkylation sites (tertiary alicyclic amines) is 1. The number of aromatic nitrogens is 1. The molecule has 1 amide bonds. The van der Waals surface area contributed by atoms with E-state index in [1.165, 1.54) is 0 Å². The Hall–Kier alpha value is -2.59. The van der Waals surface area contributed by atoms with Gasteiger partial charge in [-0.25, -0.2) is 4.98 Å². The average Bonchev–Trinajstić information content (AvgIpc) is 2.58. The van der Waals surface area contributed by atoms with E-state index in [1.807, 2.05) is 36.4 Å². The Kier molecular flexibility index (Phi) is 3.82. The molecular weight excluding hydrogens is 324 g/mol. The summed E-state index contributed by atoms with van der Waals surface area (Å²) in [4.78, 5) is 18.6. The lowest BCUT2D eigenvalue weighted by Gasteiger charge is -2.38. The lowest BCUT2D eigenvalue weighted by Crippen LogP contribution is -2.56. The van der Waals surface area contributed by atoms with Crippen LogP contribution in [0.4, 0.5) is 0 Å². The van der Waals surface area contributed by atoms with Crippen LogP contribution in [0, 0.1) is 0 Å². The molecule has 2 aromatic carbocycles. The first-order valence-corrected chi connectivity index (χ1v) is 8.14. The molecule has 4 rings (SSSR count). The number of carbonyl (C=O) groups excluding carboxylic acids is 1. The van der Waals surface area contributed by atoms with Gasteiger partial charge in [0.05, 0.1) is 18.6 Å². The van der Waals surface area contributed by atoms with Crippen molar-refractivity contribution in [1.29, 1.82) is 0 Å². The predicted molar refractivity (Wildman–Crippen MR) is 93.5 cm³/mol. The van der Waals surface area contributed by atoms with Crippen LogP contribution in [-0.2, 0) is 0 Å². The van der Waals surface area contributed by atoms with Crippen LogP contribution in [0.5, 0.6) is 5.88 Å². The molecule has 1 fully saturated rings. The van der Waals surface area contributed by atoms with E-state index in [-0.39, 0.29) is 12.0 Å². The molecule has 0 aliphatic carbocycles. The van der Waals surface area contributed by atoms with Crippen LogP contribution in [-0.4, -0.2) is 35.0 Å². The molecule has 0 spiro atoms. The number of halogens is 1. The van der Waals surface area contributed by atoms with Crippen LogP contribution in [0.2, 0.25) is 5.02 Å². The zero-order valence-corrected chi connectivity index (χ0v) is 13.6. The predicted octanol–water partition coefficient (Wildman–Crippen LogP) is 3.79. The van der Waals surface area contributed by atoms with Crippen molar-refractivity contribution in [2.45, 2.75) is 6.10 Å². The second kappa shape index (κ2) is 6.13. The van der Waals surface area contributed by atoms with Crippen molar-refractivity contribution in [3.8, 4) is 5.88 Å². The molecule has 2 heterocycles. The highest BCUT2D eigenvalue weighted by molar-refractivity contribution is 6.30. The van der Waals surface area contributed by atoms with Gasteiger partial charge < -0.3 is 9.64 Å². The molecule has 4 nitrogen and oxygen atoms in total. The Balaban J connectivity index is 1.38. The molecule has 0 N–H and O–H groups in total.